The van der Waals surface area contributed by atoms with E-state index in [-0.39, 0.29) is 18.1 Å². The minimum atomic E-state index is -3.35. The zero-order chi connectivity index (χ0) is 22.7. The van der Waals surface area contributed by atoms with Gasteiger partial charge in [0.05, 0.1) is 20.9 Å². The van der Waals surface area contributed by atoms with Crippen LogP contribution in [0.1, 0.15) is 18.4 Å². The number of thiazole rings is 1. The maximum absolute atomic E-state index is 12.6. The Bertz CT molecular complexity index is 1200. The van der Waals surface area contributed by atoms with Crippen molar-refractivity contribution in [3.05, 3.63) is 48.0 Å². The number of piperazine rings is 1. The summed E-state index contributed by atoms with van der Waals surface area (Å²) in [6.45, 7) is 4.67. The second kappa shape index (κ2) is 9.80. The number of thioether (sulfide) groups is 1. The smallest absolute Gasteiger partial charge is 0.222 e. The molecule has 1 aromatic heterocycles. The van der Waals surface area contributed by atoms with E-state index in [1.807, 2.05) is 11.8 Å². The van der Waals surface area contributed by atoms with Crippen LogP contribution in [0.3, 0.4) is 0 Å². The Morgan fingerprint density at radius 2 is 1.81 bits per heavy atom. The van der Waals surface area contributed by atoms with Crippen molar-refractivity contribution in [2.45, 2.75) is 29.6 Å². The summed E-state index contributed by atoms with van der Waals surface area (Å²) in [5, 5.41) is 0.998. The summed E-state index contributed by atoms with van der Waals surface area (Å²) in [4.78, 5) is 23.1. The van der Waals surface area contributed by atoms with Gasteiger partial charge in [-0.15, -0.1) is 11.8 Å². The predicted octanol–water partition coefficient (Wildman–Crippen LogP) is 4.23. The van der Waals surface area contributed by atoms with Gasteiger partial charge in [-0.05, 0) is 43.9 Å². The molecular weight excluding hydrogens is 462 g/mol. The lowest BCUT2D eigenvalue weighted by Gasteiger charge is -2.34. The highest BCUT2D eigenvalue weighted by atomic mass is 32.2. The lowest BCUT2D eigenvalue weighted by atomic mass is 10.2. The Hall–Kier alpha value is -2.10. The topological polar surface area (TPSA) is 70.6 Å². The molecule has 0 unspecified atom stereocenters. The number of sulfone groups is 1. The molecular formula is C23H27N3O3S3. The average Bonchev–Trinajstić information content (AvgIpc) is 3.24. The van der Waals surface area contributed by atoms with Crippen molar-refractivity contribution in [2.24, 2.45) is 0 Å². The van der Waals surface area contributed by atoms with E-state index in [1.165, 1.54) is 9.60 Å². The second-order valence-corrected chi connectivity index (χ2v) is 11.9. The molecule has 2 aromatic carbocycles. The number of nitrogens with zero attached hydrogens (tertiary/aromatic N) is 3. The normalized spacial score (nSPS) is 14.8. The van der Waals surface area contributed by atoms with Crippen LogP contribution < -0.4 is 4.90 Å². The maximum Gasteiger partial charge on any atom is 0.222 e. The van der Waals surface area contributed by atoms with E-state index in [4.69, 9.17) is 4.98 Å². The van der Waals surface area contributed by atoms with Crippen molar-refractivity contribution in [1.82, 2.24) is 9.88 Å². The Kier molecular flexibility index (Phi) is 7.07. The highest BCUT2D eigenvalue weighted by molar-refractivity contribution is 7.98. The Morgan fingerprint density at radius 3 is 2.50 bits per heavy atom. The molecule has 0 saturated carbocycles. The summed E-state index contributed by atoms with van der Waals surface area (Å²) in [6.07, 6.45) is 2.65. The van der Waals surface area contributed by atoms with Gasteiger partial charge in [-0.2, -0.15) is 0 Å². The zero-order valence-electron chi connectivity index (χ0n) is 18.3. The van der Waals surface area contributed by atoms with Gasteiger partial charge in [0.2, 0.25) is 5.91 Å². The van der Waals surface area contributed by atoms with E-state index < -0.39 is 9.84 Å². The van der Waals surface area contributed by atoms with Crippen molar-refractivity contribution >= 4 is 54.2 Å². The van der Waals surface area contributed by atoms with Crippen LogP contribution in [-0.4, -0.2) is 62.4 Å². The van der Waals surface area contributed by atoms with Crippen LogP contribution >= 0.6 is 23.1 Å². The molecule has 2 heterocycles. The molecule has 0 radical (unpaired) electrons. The number of carbonyl (C=O) groups is 1. The van der Waals surface area contributed by atoms with Crippen LogP contribution in [0.5, 0.6) is 0 Å². The molecule has 32 heavy (non-hydrogen) atoms. The van der Waals surface area contributed by atoms with E-state index in [0.29, 0.717) is 24.4 Å². The van der Waals surface area contributed by atoms with E-state index in [9.17, 15) is 13.2 Å². The Labute approximate surface area is 197 Å². The van der Waals surface area contributed by atoms with E-state index in [1.54, 1.807) is 47.4 Å². The minimum Gasteiger partial charge on any atom is -0.345 e. The van der Waals surface area contributed by atoms with Crippen molar-refractivity contribution in [2.75, 3.05) is 43.1 Å². The minimum absolute atomic E-state index is 0.00869. The summed E-state index contributed by atoms with van der Waals surface area (Å²) in [6, 6.07) is 13.1. The standard InChI is InChI=1S/C23H27N3O3S3/c1-17-8-10-18(11-9-17)32(28,29)16-4-7-21(27)25-12-14-26(15-13-25)23-24-22-19(30-2)5-3-6-20(22)31-23/h3,5-6,8-11H,4,7,12-16H2,1-2H3. The molecule has 1 fully saturated rings. The van der Waals surface area contributed by atoms with Gasteiger partial charge in [-0.1, -0.05) is 35.1 Å². The van der Waals surface area contributed by atoms with Crippen LogP contribution in [0.4, 0.5) is 5.13 Å². The molecule has 3 aromatic rings. The quantitative estimate of drug-likeness (QED) is 0.463. The highest BCUT2D eigenvalue weighted by Gasteiger charge is 2.24. The lowest BCUT2D eigenvalue weighted by Crippen LogP contribution is -2.48. The number of rotatable bonds is 7. The van der Waals surface area contributed by atoms with Crippen LogP contribution in [0.15, 0.2) is 52.3 Å². The number of anilines is 1. The van der Waals surface area contributed by atoms with Gasteiger partial charge >= 0.3 is 0 Å². The van der Waals surface area contributed by atoms with Gasteiger partial charge in [0.15, 0.2) is 15.0 Å². The fourth-order valence-electron chi connectivity index (χ4n) is 3.79. The number of hydrogen-bond acceptors (Lipinski definition) is 7. The summed E-state index contributed by atoms with van der Waals surface area (Å²) in [5.41, 5.74) is 2.07. The number of aryl methyl sites for hydroxylation is 1. The second-order valence-electron chi connectivity index (χ2n) is 7.91. The maximum atomic E-state index is 12.6. The zero-order valence-corrected chi connectivity index (χ0v) is 20.7. The number of carbonyl (C=O) groups excluding carboxylic acids is 1. The first-order valence-electron chi connectivity index (χ1n) is 10.6. The lowest BCUT2D eigenvalue weighted by molar-refractivity contribution is -0.131. The summed E-state index contributed by atoms with van der Waals surface area (Å²) in [5.74, 6) is 0.0170. The number of amides is 1. The molecule has 1 saturated heterocycles. The molecule has 1 aliphatic heterocycles. The van der Waals surface area contributed by atoms with Crippen LogP contribution in [0.25, 0.3) is 10.2 Å². The van der Waals surface area contributed by atoms with Crippen molar-refractivity contribution in [3.63, 3.8) is 0 Å². The van der Waals surface area contributed by atoms with Gasteiger partial charge < -0.3 is 9.80 Å². The number of hydrogen-bond donors (Lipinski definition) is 0. The average molecular weight is 490 g/mol. The SMILES string of the molecule is CSc1cccc2sc(N3CCN(C(=O)CCCS(=O)(=O)c4ccc(C)cc4)CC3)nc12. The monoisotopic (exact) mass is 489 g/mol. The van der Waals surface area contributed by atoms with Gasteiger partial charge in [-0.25, -0.2) is 13.4 Å². The first kappa shape index (κ1) is 23.1. The van der Waals surface area contributed by atoms with E-state index in [0.717, 1.165) is 29.3 Å². The third-order valence-electron chi connectivity index (χ3n) is 5.68. The first-order chi connectivity index (χ1) is 15.4. The van der Waals surface area contributed by atoms with Crippen LogP contribution in [0, 0.1) is 6.92 Å². The van der Waals surface area contributed by atoms with Gasteiger partial charge in [0, 0.05) is 37.5 Å². The third kappa shape index (κ3) is 5.10. The molecule has 0 spiro atoms. The summed E-state index contributed by atoms with van der Waals surface area (Å²) < 4.78 is 26.1. The molecule has 0 atom stereocenters. The molecule has 9 heteroatoms. The van der Waals surface area contributed by atoms with Gasteiger partial charge in [-0.3, -0.25) is 4.79 Å². The molecule has 1 aliphatic rings. The number of fused-ring (bicyclic) bond motifs is 1. The Balaban J connectivity index is 1.29. The van der Waals surface area contributed by atoms with Crippen molar-refractivity contribution in [1.29, 1.82) is 0 Å². The molecule has 1 amide bonds. The molecule has 4 rings (SSSR count). The largest absolute Gasteiger partial charge is 0.345 e. The first-order valence-corrected chi connectivity index (χ1v) is 14.3. The highest BCUT2D eigenvalue weighted by Crippen LogP contribution is 2.34. The molecule has 6 nitrogen and oxygen atoms in total. The molecule has 170 valence electrons. The van der Waals surface area contributed by atoms with Crippen molar-refractivity contribution in [3.8, 4) is 0 Å². The molecule has 0 bridgehead atoms. The van der Waals surface area contributed by atoms with Crippen LogP contribution in [-0.2, 0) is 14.6 Å². The predicted molar refractivity (Wildman–Crippen MR) is 133 cm³/mol. The molecule has 0 N–H and O–H groups in total. The summed E-state index contributed by atoms with van der Waals surface area (Å²) in [7, 11) is -3.35. The fraction of sp³-hybridized carbons (Fsp3) is 0.391. The van der Waals surface area contributed by atoms with Crippen molar-refractivity contribution < 1.29 is 13.2 Å². The van der Waals surface area contributed by atoms with Gasteiger partial charge in [0.25, 0.3) is 0 Å². The van der Waals surface area contributed by atoms with Gasteiger partial charge in [0.1, 0.15) is 0 Å². The van der Waals surface area contributed by atoms with Crippen LogP contribution in [0.2, 0.25) is 0 Å². The number of para-hydroxylation sites is 1. The Morgan fingerprint density at radius 1 is 1.09 bits per heavy atom. The fourth-order valence-corrected chi connectivity index (χ4v) is 6.78. The number of benzene rings is 2. The third-order valence-corrected chi connectivity index (χ3v) is 9.34. The molecule has 0 aliphatic carbocycles. The number of aromatic nitrogens is 1. The van der Waals surface area contributed by atoms with E-state index >= 15 is 0 Å². The van der Waals surface area contributed by atoms with E-state index in [2.05, 4.69) is 29.4 Å². The summed E-state index contributed by atoms with van der Waals surface area (Å²) >= 11 is 3.39.